The fourth-order valence-corrected chi connectivity index (χ4v) is 7.89. The van der Waals surface area contributed by atoms with E-state index in [4.69, 9.17) is 18.5 Å². The van der Waals surface area contributed by atoms with Crippen LogP contribution in [0.5, 0.6) is 0 Å². The number of rotatable bonds is 39. The van der Waals surface area contributed by atoms with E-state index in [0.717, 1.165) is 57.8 Å². The van der Waals surface area contributed by atoms with Gasteiger partial charge in [-0.3, -0.25) is 18.6 Å². The van der Waals surface area contributed by atoms with Crippen molar-refractivity contribution in [2.75, 3.05) is 13.2 Å². The number of ether oxygens (including phenoxy) is 2. The van der Waals surface area contributed by atoms with Crippen LogP contribution < -0.4 is 0 Å². The molecule has 1 fully saturated rings. The van der Waals surface area contributed by atoms with Crippen LogP contribution in [0.1, 0.15) is 181 Å². The second kappa shape index (κ2) is 38.8. The fraction of sp³-hybridized carbons (Fsp3) is 0.755. The Labute approximate surface area is 379 Å². The van der Waals surface area contributed by atoms with E-state index in [-0.39, 0.29) is 12.8 Å². The molecule has 0 aromatic carbocycles. The van der Waals surface area contributed by atoms with Gasteiger partial charge in [-0.15, -0.1) is 0 Å². The van der Waals surface area contributed by atoms with E-state index in [9.17, 15) is 44.6 Å². The molecule has 8 atom stereocenters. The third kappa shape index (κ3) is 31.2. The lowest BCUT2D eigenvalue weighted by Gasteiger charge is -2.41. The van der Waals surface area contributed by atoms with Crippen molar-refractivity contribution in [3.8, 4) is 0 Å². The second-order valence-corrected chi connectivity index (χ2v) is 18.0. The molecule has 1 saturated carbocycles. The lowest BCUT2D eigenvalue weighted by Crippen LogP contribution is -2.64. The van der Waals surface area contributed by atoms with E-state index < -0.39 is 75.7 Å². The molecule has 0 radical (unpaired) electrons. The summed E-state index contributed by atoms with van der Waals surface area (Å²) in [5.74, 6) is -1.17. The van der Waals surface area contributed by atoms with E-state index in [2.05, 4.69) is 62.5 Å². The Bertz CT molecular complexity index is 1330. The van der Waals surface area contributed by atoms with Crippen LogP contribution in [0.4, 0.5) is 0 Å². The Morgan fingerprint density at radius 3 is 1.40 bits per heavy atom. The van der Waals surface area contributed by atoms with Gasteiger partial charge < -0.3 is 39.9 Å². The Balaban J connectivity index is 2.48. The molecule has 0 amide bonds. The van der Waals surface area contributed by atoms with Gasteiger partial charge in [0.15, 0.2) is 6.10 Å². The smallest absolute Gasteiger partial charge is 0.462 e. The summed E-state index contributed by atoms with van der Waals surface area (Å²) >= 11 is 0. The van der Waals surface area contributed by atoms with Crippen molar-refractivity contribution < 1.29 is 63.1 Å². The van der Waals surface area contributed by atoms with Crippen molar-refractivity contribution in [1.82, 2.24) is 0 Å². The molecule has 63 heavy (non-hydrogen) atoms. The summed E-state index contributed by atoms with van der Waals surface area (Å²) in [4.78, 5) is 35.7. The van der Waals surface area contributed by atoms with Crippen LogP contribution in [-0.2, 0) is 32.7 Å². The molecular weight excluding hydrogens is 827 g/mol. The summed E-state index contributed by atoms with van der Waals surface area (Å²) in [7, 11) is -5.13. The number of aliphatic hydroxyl groups is 5. The fourth-order valence-electron chi connectivity index (χ4n) is 6.92. The van der Waals surface area contributed by atoms with Gasteiger partial charge in [-0.2, -0.15) is 0 Å². The van der Waals surface area contributed by atoms with Crippen LogP contribution in [0.15, 0.2) is 60.8 Å². The van der Waals surface area contributed by atoms with Crippen LogP contribution in [0.25, 0.3) is 0 Å². The monoisotopic (exact) mass is 913 g/mol. The zero-order valence-corrected chi connectivity index (χ0v) is 39.5. The van der Waals surface area contributed by atoms with Gasteiger partial charge in [-0.05, 0) is 77.0 Å². The zero-order chi connectivity index (χ0) is 46.4. The molecule has 0 aromatic rings. The molecule has 1 rings (SSSR count). The van der Waals surface area contributed by atoms with E-state index in [1.165, 1.54) is 77.0 Å². The molecule has 1 aliphatic rings. The van der Waals surface area contributed by atoms with Gasteiger partial charge in [-0.25, -0.2) is 4.57 Å². The number of carbonyl (C=O) groups is 2. The number of phosphoric acid groups is 1. The number of allylic oxidation sites excluding steroid dienone is 10. The molecule has 0 aliphatic heterocycles. The Kier molecular flexibility index (Phi) is 36.1. The highest BCUT2D eigenvalue weighted by molar-refractivity contribution is 7.47. The van der Waals surface area contributed by atoms with Crippen LogP contribution >= 0.6 is 7.82 Å². The van der Waals surface area contributed by atoms with Crippen molar-refractivity contribution in [3.05, 3.63) is 60.8 Å². The number of hydrogen-bond acceptors (Lipinski definition) is 12. The first kappa shape index (κ1) is 58.6. The van der Waals surface area contributed by atoms with Gasteiger partial charge in [0.1, 0.15) is 43.2 Å². The highest BCUT2D eigenvalue weighted by atomic mass is 31.2. The SMILES string of the molecule is CCCCC/C=C/C/C=C/C/C=C/C/C=C/CCCC(=O)OC[C@@H](COP(=O)(O)OC1C(O)C(O)C(O)[C@H](O)C1O)OC(=O)CCCCCCCCCCC/C=C/CCCCCC. The number of phosphoric ester groups is 1. The van der Waals surface area contributed by atoms with Gasteiger partial charge in [0.2, 0.25) is 0 Å². The van der Waals surface area contributed by atoms with Crippen LogP contribution in [0, 0.1) is 0 Å². The van der Waals surface area contributed by atoms with Crippen LogP contribution in [0.2, 0.25) is 0 Å². The minimum absolute atomic E-state index is 0.0808. The predicted molar refractivity (Wildman–Crippen MR) is 249 cm³/mol. The molecular formula is C49H85O13P. The average Bonchev–Trinajstić information content (AvgIpc) is 3.26. The van der Waals surface area contributed by atoms with Crippen molar-refractivity contribution in [2.45, 2.75) is 224 Å². The Morgan fingerprint density at radius 1 is 0.492 bits per heavy atom. The van der Waals surface area contributed by atoms with Crippen molar-refractivity contribution in [2.24, 2.45) is 0 Å². The number of aliphatic hydroxyl groups excluding tert-OH is 5. The third-order valence-corrected chi connectivity index (χ3v) is 11.8. The van der Waals surface area contributed by atoms with E-state index in [1.807, 2.05) is 12.2 Å². The first-order valence-corrected chi connectivity index (χ1v) is 25.6. The van der Waals surface area contributed by atoms with Crippen LogP contribution in [-0.4, -0.2) is 98.3 Å². The van der Waals surface area contributed by atoms with Gasteiger partial charge in [-0.1, -0.05) is 152 Å². The normalized spacial score (nSPS) is 22.2. The minimum atomic E-state index is -5.13. The maximum absolute atomic E-state index is 12.8. The molecule has 0 spiro atoms. The minimum Gasteiger partial charge on any atom is -0.462 e. The molecule has 0 saturated heterocycles. The molecule has 14 heteroatoms. The van der Waals surface area contributed by atoms with Gasteiger partial charge in [0, 0.05) is 12.8 Å². The van der Waals surface area contributed by atoms with Crippen LogP contribution in [0.3, 0.4) is 0 Å². The van der Waals surface area contributed by atoms with E-state index in [0.29, 0.717) is 19.3 Å². The van der Waals surface area contributed by atoms with Crippen molar-refractivity contribution >= 4 is 19.8 Å². The Hall–Kier alpha value is -2.45. The zero-order valence-electron chi connectivity index (χ0n) is 38.6. The maximum atomic E-state index is 12.8. The highest BCUT2D eigenvalue weighted by Crippen LogP contribution is 2.47. The van der Waals surface area contributed by atoms with Gasteiger partial charge in [0.25, 0.3) is 0 Å². The molecule has 364 valence electrons. The third-order valence-electron chi connectivity index (χ3n) is 10.8. The summed E-state index contributed by atoms with van der Waals surface area (Å²) in [6, 6.07) is 0. The van der Waals surface area contributed by atoms with E-state index >= 15 is 0 Å². The molecule has 0 heterocycles. The Morgan fingerprint density at radius 2 is 0.873 bits per heavy atom. The lowest BCUT2D eigenvalue weighted by atomic mass is 9.85. The number of esters is 2. The topological polar surface area (TPSA) is 210 Å². The second-order valence-electron chi connectivity index (χ2n) is 16.6. The predicted octanol–water partition coefficient (Wildman–Crippen LogP) is 9.73. The maximum Gasteiger partial charge on any atom is 0.472 e. The standard InChI is InChI=1S/C49H85O13P/c1-3-5-7-9-11-13-15-17-19-21-23-25-27-29-31-33-35-37-42(50)59-39-41(40-60-63(57,58)62-49-47(55)45(53)44(52)46(54)48(49)56)61-43(51)38-36-34-32-30-28-26-24-22-20-18-16-14-12-10-8-6-4-2/h11,13-14,16-17,19,23,25,29,31,41,44-49,52-56H,3-10,12,15,18,20-22,24,26-28,30,32-40H2,1-2H3,(H,57,58)/b13-11+,16-14+,19-17+,25-23+,31-29+/t41-,44?,45-,46?,47?,48?,49?/m0/s1. The van der Waals surface area contributed by atoms with Crippen molar-refractivity contribution in [1.29, 1.82) is 0 Å². The average molecular weight is 913 g/mol. The number of carbonyl (C=O) groups excluding carboxylic acids is 2. The van der Waals surface area contributed by atoms with Gasteiger partial charge in [0.05, 0.1) is 6.61 Å². The van der Waals surface area contributed by atoms with Gasteiger partial charge >= 0.3 is 19.8 Å². The summed E-state index contributed by atoms with van der Waals surface area (Å²) in [6.45, 7) is 3.21. The largest absolute Gasteiger partial charge is 0.472 e. The summed E-state index contributed by atoms with van der Waals surface area (Å²) in [5.41, 5.74) is 0. The summed E-state index contributed by atoms with van der Waals surface area (Å²) in [6.07, 6.45) is 34.2. The molecule has 13 nitrogen and oxygen atoms in total. The summed E-state index contributed by atoms with van der Waals surface area (Å²) < 4.78 is 33.5. The van der Waals surface area contributed by atoms with E-state index in [1.54, 1.807) is 0 Å². The molecule has 0 aromatic heterocycles. The molecule has 1 aliphatic carbocycles. The molecule has 6 unspecified atom stereocenters. The quantitative estimate of drug-likeness (QED) is 0.0147. The number of unbranched alkanes of at least 4 members (excludes halogenated alkanes) is 17. The first-order valence-electron chi connectivity index (χ1n) is 24.1. The lowest BCUT2D eigenvalue weighted by molar-refractivity contribution is -0.220. The first-order chi connectivity index (χ1) is 30.4. The molecule has 6 N–H and O–H groups in total. The summed E-state index contributed by atoms with van der Waals surface area (Å²) in [5, 5.41) is 50.2. The highest BCUT2D eigenvalue weighted by Gasteiger charge is 2.51. The number of hydrogen-bond donors (Lipinski definition) is 6. The molecule has 0 bridgehead atoms. The van der Waals surface area contributed by atoms with Crippen molar-refractivity contribution in [3.63, 3.8) is 0 Å².